The van der Waals surface area contributed by atoms with Gasteiger partial charge in [0.05, 0.1) is 17.1 Å². The van der Waals surface area contributed by atoms with Crippen molar-refractivity contribution in [1.29, 1.82) is 0 Å². The fraction of sp³-hybridized carbons (Fsp3) is 0.0714. The van der Waals surface area contributed by atoms with E-state index in [1.54, 1.807) is 12.4 Å². The van der Waals surface area contributed by atoms with E-state index in [4.69, 9.17) is 0 Å². The number of pyridine rings is 2. The zero-order valence-electron chi connectivity index (χ0n) is 10.3. The Labute approximate surface area is 119 Å². The van der Waals surface area contributed by atoms with Gasteiger partial charge in [-0.05, 0) is 46.3 Å². The SMILES string of the molecule is Cn1nc(-c2ccccn2)cc1-c1ccc(Br)cn1. The standard InChI is InChI=1S/C14H11BrN4/c1-19-14(12-6-5-10(15)9-17-12)8-13(18-19)11-4-2-3-7-16-11/h2-9H,1H3. The van der Waals surface area contributed by atoms with E-state index in [2.05, 4.69) is 31.0 Å². The third-order valence-corrected chi connectivity index (χ3v) is 3.27. The van der Waals surface area contributed by atoms with Crippen LogP contribution in [0.15, 0.2) is 53.3 Å². The van der Waals surface area contributed by atoms with E-state index in [0.29, 0.717) is 0 Å². The minimum Gasteiger partial charge on any atom is -0.266 e. The molecule has 0 bridgehead atoms. The summed E-state index contributed by atoms with van der Waals surface area (Å²) in [6, 6.07) is 11.7. The second-order valence-electron chi connectivity index (χ2n) is 4.12. The topological polar surface area (TPSA) is 43.6 Å². The maximum atomic E-state index is 4.48. The van der Waals surface area contributed by atoms with Crippen LogP contribution >= 0.6 is 15.9 Å². The Morgan fingerprint density at radius 2 is 1.89 bits per heavy atom. The van der Waals surface area contributed by atoms with Crippen molar-refractivity contribution >= 4 is 15.9 Å². The van der Waals surface area contributed by atoms with Gasteiger partial charge in [0.2, 0.25) is 0 Å². The average molecular weight is 315 g/mol. The second kappa shape index (κ2) is 4.93. The predicted octanol–water partition coefficient (Wildman–Crippen LogP) is 3.31. The van der Waals surface area contributed by atoms with Crippen molar-refractivity contribution < 1.29 is 0 Å². The summed E-state index contributed by atoms with van der Waals surface area (Å²) in [6.07, 6.45) is 3.55. The van der Waals surface area contributed by atoms with Gasteiger partial charge in [0.1, 0.15) is 5.69 Å². The van der Waals surface area contributed by atoms with Crippen molar-refractivity contribution in [2.24, 2.45) is 7.05 Å². The fourth-order valence-electron chi connectivity index (χ4n) is 1.87. The van der Waals surface area contributed by atoms with Crippen LogP contribution in [-0.4, -0.2) is 19.7 Å². The monoisotopic (exact) mass is 314 g/mol. The molecule has 3 aromatic heterocycles. The Kier molecular flexibility index (Phi) is 3.13. The highest BCUT2D eigenvalue weighted by molar-refractivity contribution is 9.10. The lowest BCUT2D eigenvalue weighted by Gasteiger charge is -1.99. The van der Waals surface area contributed by atoms with Crippen molar-refractivity contribution in [3.8, 4) is 22.8 Å². The minimum absolute atomic E-state index is 0.850. The van der Waals surface area contributed by atoms with E-state index < -0.39 is 0 Å². The van der Waals surface area contributed by atoms with Crippen molar-refractivity contribution in [1.82, 2.24) is 19.7 Å². The Morgan fingerprint density at radius 1 is 1.00 bits per heavy atom. The molecule has 0 radical (unpaired) electrons. The molecule has 3 aromatic rings. The molecule has 0 aromatic carbocycles. The average Bonchev–Trinajstić information content (AvgIpc) is 2.83. The van der Waals surface area contributed by atoms with Gasteiger partial charge in [-0.25, -0.2) is 0 Å². The first-order chi connectivity index (χ1) is 9.24. The molecule has 0 fully saturated rings. The smallest absolute Gasteiger partial charge is 0.111 e. The van der Waals surface area contributed by atoms with E-state index in [1.165, 1.54) is 0 Å². The minimum atomic E-state index is 0.850. The number of aryl methyl sites for hydroxylation is 1. The molecule has 3 rings (SSSR count). The quantitative estimate of drug-likeness (QED) is 0.729. The maximum absolute atomic E-state index is 4.48. The molecular weight excluding hydrogens is 304 g/mol. The van der Waals surface area contributed by atoms with Crippen LogP contribution < -0.4 is 0 Å². The maximum Gasteiger partial charge on any atom is 0.111 e. The Hall–Kier alpha value is -2.01. The molecule has 0 aliphatic heterocycles. The first-order valence-corrected chi connectivity index (χ1v) is 6.61. The summed E-state index contributed by atoms with van der Waals surface area (Å²) < 4.78 is 2.78. The molecule has 0 N–H and O–H groups in total. The fourth-order valence-corrected chi connectivity index (χ4v) is 2.11. The van der Waals surface area contributed by atoms with Gasteiger partial charge >= 0.3 is 0 Å². The molecule has 0 amide bonds. The lowest BCUT2D eigenvalue weighted by atomic mass is 10.2. The summed E-state index contributed by atoms with van der Waals surface area (Å²) in [6.45, 7) is 0. The van der Waals surface area contributed by atoms with Crippen LogP contribution in [0.4, 0.5) is 0 Å². The molecule has 94 valence electrons. The lowest BCUT2D eigenvalue weighted by molar-refractivity contribution is 0.775. The number of halogens is 1. The highest BCUT2D eigenvalue weighted by atomic mass is 79.9. The first kappa shape index (κ1) is 12.0. The highest BCUT2D eigenvalue weighted by Crippen LogP contribution is 2.23. The van der Waals surface area contributed by atoms with E-state index in [9.17, 15) is 0 Å². The van der Waals surface area contributed by atoms with Crippen LogP contribution in [0.2, 0.25) is 0 Å². The number of nitrogens with zero attached hydrogens (tertiary/aromatic N) is 4. The highest BCUT2D eigenvalue weighted by Gasteiger charge is 2.10. The van der Waals surface area contributed by atoms with Gasteiger partial charge in [0.15, 0.2) is 0 Å². The molecule has 4 nitrogen and oxygen atoms in total. The van der Waals surface area contributed by atoms with Gasteiger partial charge in [0, 0.05) is 23.9 Å². The van der Waals surface area contributed by atoms with Crippen LogP contribution in [0, 0.1) is 0 Å². The summed E-state index contributed by atoms with van der Waals surface area (Å²) in [5.41, 5.74) is 3.57. The Morgan fingerprint density at radius 3 is 2.58 bits per heavy atom. The normalized spacial score (nSPS) is 10.6. The van der Waals surface area contributed by atoms with Gasteiger partial charge in [-0.15, -0.1) is 0 Å². The van der Waals surface area contributed by atoms with E-state index >= 15 is 0 Å². The summed E-state index contributed by atoms with van der Waals surface area (Å²) in [4.78, 5) is 8.70. The number of aromatic nitrogens is 4. The zero-order chi connectivity index (χ0) is 13.2. The van der Waals surface area contributed by atoms with Gasteiger partial charge in [0.25, 0.3) is 0 Å². The molecule has 0 aliphatic carbocycles. The number of hydrogen-bond donors (Lipinski definition) is 0. The molecule has 3 heterocycles. The molecule has 0 spiro atoms. The van der Waals surface area contributed by atoms with Crippen molar-refractivity contribution in [3.05, 3.63) is 53.3 Å². The third-order valence-electron chi connectivity index (χ3n) is 2.80. The van der Waals surface area contributed by atoms with Crippen LogP contribution in [0.1, 0.15) is 0 Å². The summed E-state index contributed by atoms with van der Waals surface area (Å²) in [7, 11) is 1.91. The third kappa shape index (κ3) is 2.42. The Bertz CT molecular complexity index is 689. The molecule has 19 heavy (non-hydrogen) atoms. The van der Waals surface area contributed by atoms with Gasteiger partial charge in [-0.1, -0.05) is 6.07 Å². The number of hydrogen-bond acceptors (Lipinski definition) is 3. The summed E-state index contributed by atoms with van der Waals surface area (Å²) in [5, 5.41) is 4.48. The largest absolute Gasteiger partial charge is 0.266 e. The zero-order valence-corrected chi connectivity index (χ0v) is 11.9. The van der Waals surface area contributed by atoms with E-state index in [-0.39, 0.29) is 0 Å². The van der Waals surface area contributed by atoms with Crippen molar-refractivity contribution in [2.45, 2.75) is 0 Å². The molecule has 0 saturated carbocycles. The van der Waals surface area contributed by atoms with E-state index in [0.717, 1.165) is 27.2 Å². The predicted molar refractivity (Wildman–Crippen MR) is 77.4 cm³/mol. The van der Waals surface area contributed by atoms with Gasteiger partial charge in [-0.3, -0.25) is 14.6 Å². The summed E-state index contributed by atoms with van der Waals surface area (Å²) >= 11 is 3.38. The molecule has 0 saturated heterocycles. The Balaban J connectivity index is 2.05. The molecule has 0 unspecified atom stereocenters. The summed E-state index contributed by atoms with van der Waals surface area (Å²) in [5.74, 6) is 0. The van der Waals surface area contributed by atoms with E-state index in [1.807, 2.05) is 48.1 Å². The number of rotatable bonds is 2. The molecule has 0 atom stereocenters. The molecule has 0 aliphatic rings. The van der Waals surface area contributed by atoms with Gasteiger partial charge in [-0.2, -0.15) is 5.10 Å². The van der Waals surface area contributed by atoms with Crippen LogP contribution in [0.25, 0.3) is 22.8 Å². The lowest BCUT2D eigenvalue weighted by Crippen LogP contribution is -1.95. The first-order valence-electron chi connectivity index (χ1n) is 5.81. The van der Waals surface area contributed by atoms with Crippen molar-refractivity contribution in [2.75, 3.05) is 0 Å². The van der Waals surface area contributed by atoms with Crippen LogP contribution in [-0.2, 0) is 7.05 Å². The van der Waals surface area contributed by atoms with Gasteiger partial charge < -0.3 is 0 Å². The molecule has 5 heteroatoms. The van der Waals surface area contributed by atoms with Crippen molar-refractivity contribution in [3.63, 3.8) is 0 Å². The van der Waals surface area contributed by atoms with Crippen LogP contribution in [0.5, 0.6) is 0 Å². The van der Waals surface area contributed by atoms with Crippen LogP contribution in [0.3, 0.4) is 0 Å². The second-order valence-corrected chi connectivity index (χ2v) is 5.03. The molecular formula is C14H11BrN4.